The largest absolute Gasteiger partial charge is 0.457 e. The van der Waals surface area contributed by atoms with E-state index in [2.05, 4.69) is 42.2 Å². The maximum Gasteiger partial charge on any atom is 0.311 e. The lowest BCUT2D eigenvalue weighted by Gasteiger charge is -2.43. The summed E-state index contributed by atoms with van der Waals surface area (Å²) in [5.41, 5.74) is 3.13. The van der Waals surface area contributed by atoms with Crippen LogP contribution in [0.5, 0.6) is 0 Å². The topological polar surface area (TPSA) is 46.6 Å². The van der Waals surface area contributed by atoms with Gasteiger partial charge in [0.25, 0.3) is 0 Å². The Morgan fingerprint density at radius 2 is 1.84 bits per heavy atom. The molecule has 1 aromatic rings. The molecule has 2 aliphatic heterocycles. The lowest BCUT2D eigenvalue weighted by molar-refractivity contribution is -0.144. The minimum absolute atomic E-state index is 0.0621. The number of esters is 1. The number of hydrogen-bond acceptors (Lipinski definition) is 4. The molecule has 5 rings (SSSR count). The molecule has 0 N–H and O–H groups in total. The van der Waals surface area contributed by atoms with Crippen LogP contribution in [-0.2, 0) is 20.7 Å². The zero-order valence-electron chi connectivity index (χ0n) is 18.7. The van der Waals surface area contributed by atoms with Gasteiger partial charge in [0.1, 0.15) is 6.10 Å². The Hall–Kier alpha value is -2.20. The minimum Gasteiger partial charge on any atom is -0.457 e. The number of piperidine rings is 1. The van der Waals surface area contributed by atoms with Crippen molar-refractivity contribution in [3.05, 3.63) is 59.2 Å². The van der Waals surface area contributed by atoms with Crippen LogP contribution >= 0.6 is 0 Å². The Morgan fingerprint density at radius 1 is 1.10 bits per heavy atom. The van der Waals surface area contributed by atoms with Crippen LogP contribution in [0.25, 0.3) is 0 Å². The summed E-state index contributed by atoms with van der Waals surface area (Å²) >= 11 is 0. The third kappa shape index (κ3) is 3.80. The first-order valence-corrected chi connectivity index (χ1v) is 11.9. The lowest BCUT2D eigenvalue weighted by atomic mass is 9.61. The SMILES string of the molecule is CC1=C2[C@H]3OC(=O)[C@H](CN4CCC(Cc5ccccc5)CC4)[C@@H]3CC[C@]2(C)C=CC1=O. The summed E-state index contributed by atoms with van der Waals surface area (Å²) in [7, 11) is 0. The van der Waals surface area contributed by atoms with E-state index in [1.165, 1.54) is 18.4 Å². The van der Waals surface area contributed by atoms with Crippen molar-refractivity contribution in [2.45, 2.75) is 52.1 Å². The molecule has 2 heterocycles. The number of fused-ring (bicyclic) bond motifs is 3. The molecule has 0 radical (unpaired) electrons. The number of rotatable bonds is 4. The van der Waals surface area contributed by atoms with Crippen LogP contribution in [-0.4, -0.2) is 42.4 Å². The van der Waals surface area contributed by atoms with Crippen molar-refractivity contribution in [1.82, 2.24) is 4.90 Å². The fourth-order valence-electron chi connectivity index (χ4n) is 6.38. The number of nitrogens with zero attached hydrogens (tertiary/aromatic N) is 1. The van der Waals surface area contributed by atoms with Gasteiger partial charge in [0.05, 0.1) is 5.92 Å². The summed E-state index contributed by atoms with van der Waals surface area (Å²) in [4.78, 5) is 27.7. The van der Waals surface area contributed by atoms with E-state index in [1.54, 1.807) is 6.08 Å². The Balaban J connectivity index is 1.23. The Morgan fingerprint density at radius 3 is 2.58 bits per heavy atom. The van der Waals surface area contributed by atoms with E-state index in [4.69, 9.17) is 4.74 Å². The highest BCUT2D eigenvalue weighted by Gasteiger charge is 2.54. The number of ether oxygens (including phenoxy) is 1. The van der Waals surface area contributed by atoms with Gasteiger partial charge in [0.15, 0.2) is 5.78 Å². The molecule has 1 saturated carbocycles. The molecule has 4 nitrogen and oxygen atoms in total. The van der Waals surface area contributed by atoms with Crippen molar-refractivity contribution >= 4 is 11.8 Å². The fourth-order valence-corrected chi connectivity index (χ4v) is 6.38. The number of benzene rings is 1. The van der Waals surface area contributed by atoms with Gasteiger partial charge in [-0.3, -0.25) is 9.59 Å². The number of likely N-dealkylation sites (tertiary alicyclic amines) is 1. The van der Waals surface area contributed by atoms with E-state index >= 15 is 0 Å². The van der Waals surface area contributed by atoms with Crippen molar-refractivity contribution < 1.29 is 14.3 Å². The van der Waals surface area contributed by atoms with Crippen LogP contribution in [0.2, 0.25) is 0 Å². The van der Waals surface area contributed by atoms with Crippen LogP contribution in [0, 0.1) is 23.2 Å². The number of carbonyl (C=O) groups is 2. The van der Waals surface area contributed by atoms with Gasteiger partial charge in [-0.2, -0.15) is 0 Å². The number of hydrogen-bond donors (Lipinski definition) is 0. The van der Waals surface area contributed by atoms with E-state index in [-0.39, 0.29) is 35.1 Å². The number of allylic oxidation sites excluding steroid dienone is 3. The zero-order chi connectivity index (χ0) is 21.6. The Labute approximate surface area is 185 Å². The number of carbonyl (C=O) groups excluding carboxylic acids is 2. The molecule has 31 heavy (non-hydrogen) atoms. The van der Waals surface area contributed by atoms with E-state index in [1.807, 2.05) is 13.0 Å². The van der Waals surface area contributed by atoms with Crippen LogP contribution in [0.1, 0.15) is 45.1 Å². The molecule has 4 aliphatic rings. The van der Waals surface area contributed by atoms with Gasteiger partial charge in [-0.05, 0) is 75.2 Å². The average Bonchev–Trinajstić information content (AvgIpc) is 3.08. The third-order valence-corrected chi connectivity index (χ3v) is 8.25. The van der Waals surface area contributed by atoms with Crippen LogP contribution < -0.4 is 0 Å². The van der Waals surface area contributed by atoms with Gasteiger partial charge < -0.3 is 9.64 Å². The molecular formula is C27H33NO3. The molecule has 0 unspecified atom stereocenters. The molecule has 0 aromatic heterocycles. The second-order valence-corrected chi connectivity index (χ2v) is 10.3. The van der Waals surface area contributed by atoms with Crippen molar-refractivity contribution in [3.63, 3.8) is 0 Å². The van der Waals surface area contributed by atoms with E-state index in [9.17, 15) is 9.59 Å². The predicted octanol–water partition coefficient (Wildman–Crippen LogP) is 4.35. The van der Waals surface area contributed by atoms with Crippen molar-refractivity contribution in [3.8, 4) is 0 Å². The van der Waals surface area contributed by atoms with Crippen LogP contribution in [0.3, 0.4) is 0 Å². The monoisotopic (exact) mass is 419 g/mol. The molecule has 2 saturated heterocycles. The molecule has 3 fully saturated rings. The summed E-state index contributed by atoms with van der Waals surface area (Å²) in [5, 5.41) is 0. The molecule has 1 aromatic carbocycles. The van der Waals surface area contributed by atoms with Gasteiger partial charge >= 0.3 is 5.97 Å². The van der Waals surface area contributed by atoms with Crippen molar-refractivity contribution in [2.75, 3.05) is 19.6 Å². The second-order valence-electron chi connectivity index (χ2n) is 10.3. The van der Waals surface area contributed by atoms with Gasteiger partial charge in [-0.15, -0.1) is 0 Å². The normalized spacial score (nSPS) is 33.9. The molecule has 4 atom stereocenters. The zero-order valence-corrected chi connectivity index (χ0v) is 18.7. The smallest absolute Gasteiger partial charge is 0.311 e. The summed E-state index contributed by atoms with van der Waals surface area (Å²) in [6.07, 6.45) is 9.01. The standard InChI is InChI=1S/C27H33NO3/c1-18-23(29)9-13-27(2)12-8-21-22(26(30)31-25(21)24(18)27)17-28-14-10-20(11-15-28)16-19-6-4-3-5-7-19/h3-7,9,13,20-22,25H,8,10-12,14-17H2,1-2H3/t21-,22+,25-,27+/m0/s1. The van der Waals surface area contributed by atoms with Gasteiger partial charge in [0, 0.05) is 23.5 Å². The fraction of sp³-hybridized carbons (Fsp3) is 0.556. The highest BCUT2D eigenvalue weighted by molar-refractivity contribution is 6.05. The molecule has 2 aliphatic carbocycles. The lowest BCUT2D eigenvalue weighted by Crippen LogP contribution is -2.43. The van der Waals surface area contributed by atoms with Gasteiger partial charge in [-0.1, -0.05) is 43.3 Å². The quantitative estimate of drug-likeness (QED) is 0.681. The maximum atomic E-state index is 12.9. The van der Waals surface area contributed by atoms with Crippen molar-refractivity contribution in [2.24, 2.45) is 23.2 Å². The second kappa shape index (κ2) is 8.05. The summed E-state index contributed by atoms with van der Waals surface area (Å²) in [6.45, 7) is 6.99. The van der Waals surface area contributed by atoms with E-state index in [0.29, 0.717) is 0 Å². The molecule has 4 heteroatoms. The summed E-state index contributed by atoms with van der Waals surface area (Å²) in [6, 6.07) is 10.8. The first-order chi connectivity index (χ1) is 14.9. The van der Waals surface area contributed by atoms with E-state index < -0.39 is 0 Å². The van der Waals surface area contributed by atoms with Crippen LogP contribution in [0.15, 0.2) is 53.6 Å². The first-order valence-electron chi connectivity index (χ1n) is 11.9. The summed E-state index contributed by atoms with van der Waals surface area (Å²) < 4.78 is 5.96. The number of ketones is 1. The molecule has 0 amide bonds. The summed E-state index contributed by atoms with van der Waals surface area (Å²) in [5.74, 6) is 0.861. The highest BCUT2D eigenvalue weighted by Crippen LogP contribution is 2.53. The third-order valence-electron chi connectivity index (χ3n) is 8.25. The average molecular weight is 420 g/mol. The first kappa shape index (κ1) is 20.7. The van der Waals surface area contributed by atoms with Crippen LogP contribution in [0.4, 0.5) is 0 Å². The van der Waals surface area contributed by atoms with E-state index in [0.717, 1.165) is 56.0 Å². The maximum absolute atomic E-state index is 12.9. The molecular weight excluding hydrogens is 386 g/mol. The highest BCUT2D eigenvalue weighted by atomic mass is 16.6. The molecule has 164 valence electrons. The molecule has 0 bridgehead atoms. The van der Waals surface area contributed by atoms with Crippen molar-refractivity contribution in [1.29, 1.82) is 0 Å². The minimum atomic E-state index is -0.222. The molecule has 0 spiro atoms. The van der Waals surface area contributed by atoms with Gasteiger partial charge in [-0.25, -0.2) is 0 Å². The Kier molecular flexibility index (Phi) is 5.37. The Bertz CT molecular complexity index is 925. The van der Waals surface area contributed by atoms with Gasteiger partial charge in [0.2, 0.25) is 0 Å². The predicted molar refractivity (Wildman–Crippen MR) is 120 cm³/mol.